The zero-order valence-corrected chi connectivity index (χ0v) is 8.60. The second kappa shape index (κ2) is 3.52. The van der Waals surface area contributed by atoms with Crippen LogP contribution in [0.15, 0.2) is 0 Å². The lowest BCUT2D eigenvalue weighted by molar-refractivity contribution is 0.111. The fourth-order valence-electron chi connectivity index (χ4n) is 1.87. The van der Waals surface area contributed by atoms with Crippen LogP contribution >= 0.6 is 0 Å². The summed E-state index contributed by atoms with van der Waals surface area (Å²) in [5.74, 6) is 0.738. The van der Waals surface area contributed by atoms with Gasteiger partial charge in [-0.05, 0) is 32.1 Å². The van der Waals surface area contributed by atoms with Crippen LogP contribution in [0.1, 0.15) is 48.9 Å². The molecule has 1 aromatic heterocycles. The van der Waals surface area contributed by atoms with Gasteiger partial charge < -0.3 is 0 Å². The van der Waals surface area contributed by atoms with Crippen molar-refractivity contribution in [2.75, 3.05) is 0 Å². The van der Waals surface area contributed by atoms with E-state index in [-0.39, 0.29) is 0 Å². The minimum absolute atomic E-state index is 0.395. The molecule has 14 heavy (non-hydrogen) atoms. The first-order valence-electron chi connectivity index (χ1n) is 5.17. The van der Waals surface area contributed by atoms with Crippen LogP contribution in [0.5, 0.6) is 0 Å². The molecule has 1 aliphatic rings. The molecule has 0 bridgehead atoms. The van der Waals surface area contributed by atoms with Gasteiger partial charge in [0.15, 0.2) is 6.29 Å². The van der Waals surface area contributed by atoms with E-state index >= 15 is 0 Å². The summed E-state index contributed by atoms with van der Waals surface area (Å²) >= 11 is 0. The molecule has 1 aliphatic carbocycles. The first-order valence-corrected chi connectivity index (χ1v) is 5.17. The molecule has 0 amide bonds. The van der Waals surface area contributed by atoms with Gasteiger partial charge in [0.25, 0.3) is 0 Å². The fraction of sp³-hybridized carbons (Fsp3) is 0.700. The quantitative estimate of drug-likeness (QED) is 0.683. The molecule has 1 saturated carbocycles. The number of nitrogens with zero attached hydrogens (tertiary/aromatic N) is 3. The average molecular weight is 193 g/mol. The first-order chi connectivity index (χ1) is 6.77. The van der Waals surface area contributed by atoms with E-state index in [1.165, 1.54) is 12.8 Å². The van der Waals surface area contributed by atoms with E-state index in [4.69, 9.17) is 0 Å². The minimum Gasteiger partial charge on any atom is -0.296 e. The highest BCUT2D eigenvalue weighted by molar-refractivity contribution is 5.73. The smallest absolute Gasteiger partial charge is 0.172 e. The number of aldehydes is 1. The molecule has 2 rings (SSSR count). The molecule has 0 saturated heterocycles. The van der Waals surface area contributed by atoms with E-state index in [0.717, 1.165) is 24.3 Å². The van der Waals surface area contributed by atoms with E-state index in [1.54, 1.807) is 0 Å². The van der Waals surface area contributed by atoms with Gasteiger partial charge in [0, 0.05) is 0 Å². The predicted molar refractivity (Wildman–Crippen MR) is 52.2 cm³/mol. The van der Waals surface area contributed by atoms with Gasteiger partial charge >= 0.3 is 0 Å². The maximum Gasteiger partial charge on any atom is 0.172 e. The highest BCUT2D eigenvalue weighted by Gasteiger charge is 2.31. The predicted octanol–water partition coefficient (Wildman–Crippen LogP) is 1.62. The summed E-state index contributed by atoms with van der Waals surface area (Å²) < 4.78 is 1.92. The van der Waals surface area contributed by atoms with Crippen molar-refractivity contribution in [3.63, 3.8) is 0 Å². The van der Waals surface area contributed by atoms with Crippen molar-refractivity contribution < 1.29 is 4.79 Å². The molecule has 0 aliphatic heterocycles. The van der Waals surface area contributed by atoms with E-state index in [1.807, 2.05) is 11.6 Å². The number of carbonyl (C=O) groups is 1. The Morgan fingerprint density at radius 3 is 2.86 bits per heavy atom. The van der Waals surface area contributed by atoms with Crippen LogP contribution in [0.4, 0.5) is 0 Å². The Morgan fingerprint density at radius 1 is 1.64 bits per heavy atom. The first kappa shape index (κ1) is 9.37. The lowest BCUT2D eigenvalue weighted by atomic mass is 10.2. The van der Waals surface area contributed by atoms with Crippen LogP contribution in [-0.2, 0) is 6.42 Å². The van der Waals surface area contributed by atoms with Gasteiger partial charge in [-0.25, -0.2) is 4.68 Å². The Kier molecular flexibility index (Phi) is 2.35. The molecule has 1 heterocycles. The van der Waals surface area contributed by atoms with Crippen molar-refractivity contribution >= 4 is 6.29 Å². The van der Waals surface area contributed by atoms with Crippen molar-refractivity contribution in [2.24, 2.45) is 5.92 Å². The van der Waals surface area contributed by atoms with Gasteiger partial charge in [-0.1, -0.05) is 12.1 Å². The Hall–Kier alpha value is -1.19. The summed E-state index contributed by atoms with van der Waals surface area (Å²) in [5, 5.41) is 7.94. The highest BCUT2D eigenvalue weighted by atomic mass is 16.1. The van der Waals surface area contributed by atoms with Crippen LogP contribution < -0.4 is 0 Å². The number of rotatable bonds is 4. The van der Waals surface area contributed by atoms with Crippen molar-refractivity contribution in [3.8, 4) is 0 Å². The number of hydrogen-bond donors (Lipinski definition) is 0. The fourth-order valence-corrected chi connectivity index (χ4v) is 1.87. The van der Waals surface area contributed by atoms with Gasteiger partial charge in [0.1, 0.15) is 5.69 Å². The highest BCUT2D eigenvalue weighted by Crippen LogP contribution is 2.39. The largest absolute Gasteiger partial charge is 0.296 e. The lowest BCUT2D eigenvalue weighted by Gasteiger charge is -2.12. The molecule has 0 N–H and O–H groups in total. The minimum atomic E-state index is 0.395. The standard InChI is InChI=1S/C10H15N3O/c1-3-10-9(6-14)11-12-13(10)7(2)8-4-5-8/h6-8H,3-5H2,1-2H3. The van der Waals surface area contributed by atoms with Gasteiger partial charge in [-0.15, -0.1) is 5.10 Å². The lowest BCUT2D eigenvalue weighted by Crippen LogP contribution is -2.12. The molecule has 1 unspecified atom stereocenters. The summed E-state index contributed by atoms with van der Waals surface area (Å²) in [7, 11) is 0. The molecule has 0 radical (unpaired) electrons. The third-order valence-corrected chi connectivity index (χ3v) is 2.96. The summed E-state index contributed by atoms with van der Waals surface area (Å²) in [5.41, 5.74) is 1.47. The Labute approximate surface area is 83.3 Å². The molecular weight excluding hydrogens is 178 g/mol. The third-order valence-electron chi connectivity index (χ3n) is 2.96. The third kappa shape index (κ3) is 1.45. The average Bonchev–Trinajstić information content (AvgIpc) is 2.96. The van der Waals surface area contributed by atoms with Crippen molar-refractivity contribution in [3.05, 3.63) is 11.4 Å². The number of hydrogen-bond acceptors (Lipinski definition) is 3. The molecule has 0 spiro atoms. The molecule has 1 atom stereocenters. The van der Waals surface area contributed by atoms with E-state index < -0.39 is 0 Å². The van der Waals surface area contributed by atoms with Crippen molar-refractivity contribution in [1.29, 1.82) is 0 Å². The molecule has 4 nitrogen and oxygen atoms in total. The Morgan fingerprint density at radius 2 is 2.36 bits per heavy atom. The maximum atomic E-state index is 10.7. The van der Waals surface area contributed by atoms with Gasteiger partial charge in [-0.3, -0.25) is 4.79 Å². The second-order valence-corrected chi connectivity index (χ2v) is 3.92. The van der Waals surface area contributed by atoms with Crippen LogP contribution in [0.25, 0.3) is 0 Å². The van der Waals surface area contributed by atoms with Crippen LogP contribution in [0, 0.1) is 5.92 Å². The summed E-state index contributed by atoms with van der Waals surface area (Å²) in [6.45, 7) is 4.18. The molecule has 1 fully saturated rings. The van der Waals surface area contributed by atoms with E-state index in [0.29, 0.717) is 11.7 Å². The van der Waals surface area contributed by atoms with E-state index in [9.17, 15) is 4.79 Å². The summed E-state index contributed by atoms with van der Waals surface area (Å²) in [4.78, 5) is 10.7. The van der Waals surface area contributed by atoms with Crippen LogP contribution in [0.3, 0.4) is 0 Å². The molecule has 0 aromatic carbocycles. The van der Waals surface area contributed by atoms with Crippen LogP contribution in [0.2, 0.25) is 0 Å². The van der Waals surface area contributed by atoms with E-state index in [2.05, 4.69) is 17.2 Å². The topological polar surface area (TPSA) is 47.8 Å². The zero-order valence-electron chi connectivity index (χ0n) is 8.60. The molecule has 1 aromatic rings. The second-order valence-electron chi connectivity index (χ2n) is 3.92. The molecule has 4 heteroatoms. The van der Waals surface area contributed by atoms with Gasteiger partial charge in [0.05, 0.1) is 11.7 Å². The van der Waals surface area contributed by atoms with Gasteiger partial charge in [0.2, 0.25) is 0 Å². The zero-order chi connectivity index (χ0) is 10.1. The summed E-state index contributed by atoms with van der Waals surface area (Å²) in [6.07, 6.45) is 4.17. The Bertz CT molecular complexity index is 341. The van der Waals surface area contributed by atoms with Gasteiger partial charge in [-0.2, -0.15) is 0 Å². The molecular formula is C10H15N3O. The van der Waals surface area contributed by atoms with Crippen molar-refractivity contribution in [1.82, 2.24) is 15.0 Å². The molecule has 76 valence electrons. The number of aromatic nitrogens is 3. The van der Waals surface area contributed by atoms with Crippen LogP contribution in [-0.4, -0.2) is 21.3 Å². The normalized spacial score (nSPS) is 18.1. The monoisotopic (exact) mass is 193 g/mol. The summed E-state index contributed by atoms with van der Waals surface area (Å²) in [6, 6.07) is 0.395. The maximum absolute atomic E-state index is 10.7. The Balaban J connectivity index is 2.31. The number of carbonyl (C=O) groups excluding carboxylic acids is 1. The van der Waals surface area contributed by atoms with Crippen molar-refractivity contribution in [2.45, 2.75) is 39.2 Å². The SMILES string of the molecule is CCc1c(C=O)nnn1C(C)C1CC1.